The van der Waals surface area contributed by atoms with Crippen LogP contribution >= 0.6 is 0 Å². The van der Waals surface area contributed by atoms with Gasteiger partial charge in [0.25, 0.3) is 5.91 Å². The van der Waals surface area contributed by atoms with Crippen LogP contribution in [0.15, 0.2) is 18.3 Å². The maximum Gasteiger partial charge on any atom is 0.255 e. The van der Waals surface area contributed by atoms with E-state index >= 15 is 0 Å². The number of pyridine rings is 1. The van der Waals surface area contributed by atoms with Crippen molar-refractivity contribution in [1.29, 1.82) is 0 Å². The first kappa shape index (κ1) is 16.2. The molecular weight excluding hydrogens is 292 g/mol. The number of methoxy groups -OCH3 is 1. The summed E-state index contributed by atoms with van der Waals surface area (Å²) in [6, 6.07) is 3.86. The highest BCUT2D eigenvalue weighted by Gasteiger charge is 2.44. The van der Waals surface area contributed by atoms with Crippen LogP contribution in [0.3, 0.4) is 0 Å². The molecule has 2 aliphatic rings. The molecule has 2 N–H and O–H groups in total. The molecule has 1 saturated heterocycles. The van der Waals surface area contributed by atoms with Gasteiger partial charge in [-0.2, -0.15) is 0 Å². The van der Waals surface area contributed by atoms with Crippen LogP contribution in [0.4, 0.5) is 5.82 Å². The van der Waals surface area contributed by atoms with Gasteiger partial charge in [0.1, 0.15) is 5.82 Å². The fourth-order valence-corrected chi connectivity index (χ4v) is 4.07. The normalized spacial score (nSPS) is 30.5. The van der Waals surface area contributed by atoms with E-state index in [-0.39, 0.29) is 12.0 Å². The van der Waals surface area contributed by atoms with Crippen molar-refractivity contribution < 1.29 is 9.53 Å². The Morgan fingerprint density at radius 1 is 1.30 bits per heavy atom. The summed E-state index contributed by atoms with van der Waals surface area (Å²) in [5, 5.41) is 0. The molecule has 1 saturated carbocycles. The quantitative estimate of drug-likeness (QED) is 0.903. The van der Waals surface area contributed by atoms with Crippen LogP contribution < -0.4 is 5.73 Å². The van der Waals surface area contributed by atoms with E-state index in [9.17, 15) is 4.79 Å². The van der Waals surface area contributed by atoms with Crippen molar-refractivity contribution >= 4 is 11.7 Å². The Balaban J connectivity index is 1.70. The lowest BCUT2D eigenvalue weighted by atomic mass is 9.77. The Bertz CT molecular complexity index is 560. The van der Waals surface area contributed by atoms with E-state index < -0.39 is 0 Å². The van der Waals surface area contributed by atoms with Gasteiger partial charge in [-0.05, 0) is 50.9 Å². The van der Waals surface area contributed by atoms with Crippen LogP contribution in [0, 0.1) is 11.8 Å². The standard InChI is InChI=1S/C17H26N4O2/c1-20(2)14-6-12-9-21(10-13(12)7-15(14)23-3)17(22)11-4-5-16(18)19-8-11/h4-5,8,12-15H,6-7,9-10H2,1-3H3,(H2,18,19)/t12-,13+,14-,15-/m1/s1. The first-order valence-electron chi connectivity index (χ1n) is 8.19. The molecule has 1 amide bonds. The molecule has 0 spiro atoms. The smallest absolute Gasteiger partial charge is 0.255 e. The number of nitrogen functional groups attached to an aromatic ring is 1. The molecule has 1 aliphatic heterocycles. The molecular formula is C17H26N4O2. The number of nitrogens with zero attached hydrogens (tertiary/aromatic N) is 3. The van der Waals surface area contributed by atoms with Gasteiger partial charge in [0.15, 0.2) is 0 Å². The number of aromatic nitrogens is 1. The van der Waals surface area contributed by atoms with E-state index in [1.54, 1.807) is 25.4 Å². The number of likely N-dealkylation sites (tertiary alicyclic amines) is 1. The number of hydrogen-bond acceptors (Lipinski definition) is 5. The van der Waals surface area contributed by atoms with Crippen molar-refractivity contribution in [3.63, 3.8) is 0 Å². The summed E-state index contributed by atoms with van der Waals surface area (Å²) >= 11 is 0. The number of likely N-dealkylation sites (N-methyl/N-ethyl adjacent to an activating group) is 1. The molecule has 0 bridgehead atoms. The lowest BCUT2D eigenvalue weighted by molar-refractivity contribution is -0.0209. The Morgan fingerprint density at radius 3 is 2.57 bits per heavy atom. The van der Waals surface area contributed by atoms with Crippen molar-refractivity contribution in [2.24, 2.45) is 11.8 Å². The molecule has 1 aromatic heterocycles. The molecule has 0 unspecified atom stereocenters. The second-order valence-electron chi connectivity index (χ2n) is 6.98. The third-order valence-corrected chi connectivity index (χ3v) is 5.37. The molecule has 4 atom stereocenters. The summed E-state index contributed by atoms with van der Waals surface area (Å²) < 4.78 is 5.70. The second kappa shape index (κ2) is 6.45. The third kappa shape index (κ3) is 3.19. The molecule has 1 aromatic rings. The van der Waals surface area contributed by atoms with E-state index in [2.05, 4.69) is 24.0 Å². The Kier molecular flexibility index (Phi) is 4.55. The van der Waals surface area contributed by atoms with Gasteiger partial charge in [-0.1, -0.05) is 0 Å². The highest BCUT2D eigenvalue weighted by Crippen LogP contribution is 2.39. The third-order valence-electron chi connectivity index (χ3n) is 5.37. The number of rotatable bonds is 3. The minimum atomic E-state index is 0.0577. The van der Waals surface area contributed by atoms with Crippen molar-refractivity contribution in [2.45, 2.75) is 25.0 Å². The van der Waals surface area contributed by atoms with Gasteiger partial charge in [0.05, 0.1) is 11.7 Å². The van der Waals surface area contributed by atoms with Crippen LogP contribution in [0.1, 0.15) is 23.2 Å². The van der Waals surface area contributed by atoms with Crippen LogP contribution in [0.2, 0.25) is 0 Å². The molecule has 0 aromatic carbocycles. The van der Waals surface area contributed by atoms with E-state index in [1.807, 2.05) is 4.90 Å². The number of carbonyl (C=O) groups is 1. The van der Waals surface area contributed by atoms with Crippen molar-refractivity contribution in [3.05, 3.63) is 23.9 Å². The van der Waals surface area contributed by atoms with E-state index in [0.717, 1.165) is 25.9 Å². The van der Waals surface area contributed by atoms with Gasteiger partial charge in [-0.3, -0.25) is 4.79 Å². The highest BCUT2D eigenvalue weighted by molar-refractivity contribution is 5.94. The Morgan fingerprint density at radius 2 is 2.00 bits per heavy atom. The molecule has 3 rings (SSSR count). The number of ether oxygens (including phenoxy) is 1. The number of fused-ring (bicyclic) bond motifs is 1. The highest BCUT2D eigenvalue weighted by atomic mass is 16.5. The van der Waals surface area contributed by atoms with Crippen LogP contribution in [-0.2, 0) is 4.74 Å². The number of anilines is 1. The molecule has 0 radical (unpaired) electrons. The molecule has 23 heavy (non-hydrogen) atoms. The maximum absolute atomic E-state index is 12.7. The first-order chi connectivity index (χ1) is 11.0. The van der Waals surface area contributed by atoms with Gasteiger partial charge in [-0.15, -0.1) is 0 Å². The zero-order valence-corrected chi connectivity index (χ0v) is 14.1. The molecule has 6 nitrogen and oxygen atoms in total. The van der Waals surface area contributed by atoms with Crippen LogP contribution in [0.25, 0.3) is 0 Å². The predicted octanol–water partition coefficient (Wildman–Crippen LogP) is 1.09. The summed E-state index contributed by atoms with van der Waals surface area (Å²) in [4.78, 5) is 20.9. The average molecular weight is 318 g/mol. The minimum Gasteiger partial charge on any atom is -0.384 e. The van der Waals surface area contributed by atoms with E-state index in [0.29, 0.717) is 29.3 Å². The largest absolute Gasteiger partial charge is 0.384 e. The Labute approximate surface area is 137 Å². The Hall–Kier alpha value is -1.66. The number of carbonyl (C=O) groups excluding carboxylic acids is 1. The summed E-state index contributed by atoms with van der Waals surface area (Å²) in [7, 11) is 6.00. The number of nitrogens with two attached hydrogens (primary N) is 1. The zero-order chi connectivity index (χ0) is 16.6. The molecule has 2 heterocycles. The van der Waals surface area contributed by atoms with Crippen LogP contribution in [0.5, 0.6) is 0 Å². The fraction of sp³-hybridized carbons (Fsp3) is 0.647. The topological polar surface area (TPSA) is 71.7 Å². The summed E-state index contributed by atoms with van der Waals surface area (Å²) in [5.41, 5.74) is 6.21. The van der Waals surface area contributed by atoms with Crippen LogP contribution in [-0.4, -0.2) is 67.1 Å². The fourth-order valence-electron chi connectivity index (χ4n) is 4.07. The zero-order valence-electron chi connectivity index (χ0n) is 14.1. The van der Waals surface area contributed by atoms with E-state index in [1.165, 1.54) is 0 Å². The summed E-state index contributed by atoms with van der Waals surface area (Å²) in [6.45, 7) is 1.64. The molecule has 1 aliphatic carbocycles. The molecule has 126 valence electrons. The SMILES string of the molecule is CO[C@@H]1C[C@H]2CN(C(=O)c3ccc(N)nc3)C[C@H]2C[C@H]1N(C)C. The van der Waals surface area contributed by atoms with E-state index in [4.69, 9.17) is 10.5 Å². The minimum absolute atomic E-state index is 0.0577. The second-order valence-corrected chi connectivity index (χ2v) is 6.98. The molecule has 6 heteroatoms. The van der Waals surface area contributed by atoms with Crippen molar-refractivity contribution in [1.82, 2.24) is 14.8 Å². The average Bonchev–Trinajstić information content (AvgIpc) is 2.96. The van der Waals surface area contributed by atoms with Gasteiger partial charge < -0.3 is 20.3 Å². The van der Waals surface area contributed by atoms with Crippen molar-refractivity contribution in [2.75, 3.05) is 40.0 Å². The molecule has 2 fully saturated rings. The number of hydrogen-bond donors (Lipinski definition) is 1. The van der Waals surface area contributed by atoms with Crippen molar-refractivity contribution in [3.8, 4) is 0 Å². The summed E-state index contributed by atoms with van der Waals surface area (Å²) in [5.74, 6) is 1.58. The summed E-state index contributed by atoms with van der Waals surface area (Å²) in [6.07, 6.45) is 3.92. The van der Waals surface area contributed by atoms with Gasteiger partial charge in [0.2, 0.25) is 0 Å². The number of amides is 1. The van der Waals surface area contributed by atoms with Gasteiger partial charge in [0, 0.05) is 32.4 Å². The van der Waals surface area contributed by atoms with Gasteiger partial charge in [-0.25, -0.2) is 4.98 Å². The maximum atomic E-state index is 12.7. The lowest BCUT2D eigenvalue weighted by Gasteiger charge is -2.40. The predicted molar refractivity (Wildman–Crippen MR) is 89.0 cm³/mol. The first-order valence-corrected chi connectivity index (χ1v) is 8.19. The van der Waals surface area contributed by atoms with Gasteiger partial charge >= 0.3 is 0 Å². The lowest BCUT2D eigenvalue weighted by Crippen LogP contribution is -2.47. The monoisotopic (exact) mass is 318 g/mol.